The van der Waals surface area contributed by atoms with E-state index in [9.17, 15) is 0 Å². The van der Waals surface area contributed by atoms with Crippen LogP contribution in [0.15, 0.2) is 0 Å². The van der Waals surface area contributed by atoms with E-state index in [0.717, 1.165) is 29.4 Å². The predicted octanol–water partition coefficient (Wildman–Crippen LogP) is 2.16. The van der Waals surface area contributed by atoms with E-state index in [-0.39, 0.29) is 12.1 Å². The number of ether oxygens (including phenoxy) is 1. The highest BCUT2D eigenvalue weighted by atomic mass is 35.5. The smallest absolute Gasteiger partial charge is 0.0847 e. The number of rotatable bonds is 6. The van der Waals surface area contributed by atoms with Gasteiger partial charge >= 0.3 is 0 Å². The van der Waals surface area contributed by atoms with E-state index in [1.807, 2.05) is 18.5 Å². The van der Waals surface area contributed by atoms with Crippen molar-refractivity contribution in [2.75, 3.05) is 7.11 Å². The Morgan fingerprint density at radius 2 is 2.12 bits per heavy atom. The van der Waals surface area contributed by atoms with Crippen molar-refractivity contribution in [1.29, 1.82) is 0 Å². The molecule has 0 spiro atoms. The van der Waals surface area contributed by atoms with Crippen molar-refractivity contribution in [2.24, 2.45) is 5.73 Å². The molecule has 4 nitrogen and oxygen atoms in total. The number of halogens is 1. The van der Waals surface area contributed by atoms with Crippen molar-refractivity contribution in [3.63, 3.8) is 0 Å². The molecule has 1 aromatic rings. The monoisotopic (exact) mass is 259 g/mol. The minimum Gasteiger partial charge on any atom is -0.380 e. The lowest BCUT2D eigenvalue weighted by Crippen LogP contribution is -2.38. The van der Waals surface area contributed by atoms with Gasteiger partial charge in [-0.1, -0.05) is 18.5 Å². The Bertz CT molecular complexity index is 361. The van der Waals surface area contributed by atoms with Crippen molar-refractivity contribution in [2.45, 2.75) is 52.3 Å². The van der Waals surface area contributed by atoms with Gasteiger partial charge in [0.2, 0.25) is 0 Å². The lowest BCUT2D eigenvalue weighted by atomic mass is 10.0. The van der Waals surface area contributed by atoms with E-state index in [1.165, 1.54) is 0 Å². The highest BCUT2D eigenvalue weighted by Gasteiger charge is 2.20. The van der Waals surface area contributed by atoms with Crippen LogP contribution >= 0.6 is 11.6 Å². The van der Waals surface area contributed by atoms with Crippen LogP contribution in [0.25, 0.3) is 0 Å². The Labute approximate surface area is 108 Å². The number of hydrogen-bond acceptors (Lipinski definition) is 3. The lowest BCUT2D eigenvalue weighted by molar-refractivity contribution is 0.0767. The quantitative estimate of drug-likeness (QED) is 0.852. The summed E-state index contributed by atoms with van der Waals surface area (Å²) in [5, 5.41) is 5.11. The van der Waals surface area contributed by atoms with Crippen molar-refractivity contribution in [1.82, 2.24) is 9.78 Å². The molecule has 0 aromatic carbocycles. The van der Waals surface area contributed by atoms with Gasteiger partial charge in [0.1, 0.15) is 0 Å². The van der Waals surface area contributed by atoms with E-state index >= 15 is 0 Å². The van der Waals surface area contributed by atoms with E-state index in [1.54, 1.807) is 7.11 Å². The van der Waals surface area contributed by atoms with Gasteiger partial charge in [0.15, 0.2) is 0 Å². The van der Waals surface area contributed by atoms with Crippen LogP contribution < -0.4 is 5.73 Å². The van der Waals surface area contributed by atoms with Gasteiger partial charge in [-0.15, -0.1) is 0 Å². The second kappa shape index (κ2) is 6.38. The van der Waals surface area contributed by atoms with Crippen LogP contribution in [0.2, 0.25) is 5.02 Å². The first-order valence-electron chi connectivity index (χ1n) is 6.05. The molecule has 0 aliphatic rings. The maximum absolute atomic E-state index is 6.25. The molecule has 0 saturated carbocycles. The third kappa shape index (κ3) is 3.21. The predicted molar refractivity (Wildman–Crippen MR) is 70.4 cm³/mol. The van der Waals surface area contributed by atoms with Crippen LogP contribution in [-0.4, -0.2) is 29.0 Å². The summed E-state index contributed by atoms with van der Waals surface area (Å²) >= 11 is 6.25. The molecule has 17 heavy (non-hydrogen) atoms. The molecule has 5 heteroatoms. The Balaban J connectivity index is 2.86. The summed E-state index contributed by atoms with van der Waals surface area (Å²) in [6.45, 7) is 6.83. The van der Waals surface area contributed by atoms with Gasteiger partial charge in [-0.3, -0.25) is 4.68 Å². The van der Waals surface area contributed by atoms with Gasteiger partial charge < -0.3 is 10.5 Å². The third-order valence-electron chi connectivity index (χ3n) is 3.06. The summed E-state index contributed by atoms with van der Waals surface area (Å²) in [6.07, 6.45) is 1.65. The number of aromatic nitrogens is 2. The Morgan fingerprint density at radius 3 is 2.59 bits per heavy atom. The van der Waals surface area contributed by atoms with Gasteiger partial charge in [-0.05, 0) is 20.3 Å². The van der Waals surface area contributed by atoms with Gasteiger partial charge in [-0.2, -0.15) is 5.10 Å². The molecule has 0 aliphatic carbocycles. The summed E-state index contributed by atoms with van der Waals surface area (Å²) in [7, 11) is 1.69. The zero-order valence-corrected chi connectivity index (χ0v) is 11.8. The minimum absolute atomic E-state index is 0.0519. The normalized spacial score (nSPS) is 14.9. The first-order valence-corrected chi connectivity index (χ1v) is 6.43. The molecular weight excluding hydrogens is 238 g/mol. The van der Waals surface area contributed by atoms with Crippen molar-refractivity contribution >= 4 is 11.6 Å². The summed E-state index contributed by atoms with van der Waals surface area (Å²) in [6, 6.07) is -0.0519. The molecule has 0 radical (unpaired) electrons. The Hall–Kier alpha value is -0.580. The third-order valence-corrected chi connectivity index (χ3v) is 3.56. The fourth-order valence-corrected chi connectivity index (χ4v) is 2.28. The second-order valence-corrected chi connectivity index (χ2v) is 4.59. The Kier molecular flexibility index (Phi) is 5.43. The average molecular weight is 260 g/mol. The van der Waals surface area contributed by atoms with Crippen molar-refractivity contribution < 1.29 is 4.74 Å². The van der Waals surface area contributed by atoms with E-state index < -0.39 is 0 Å². The first-order chi connectivity index (χ1) is 8.04. The van der Waals surface area contributed by atoms with Gasteiger partial charge in [0.05, 0.1) is 22.5 Å². The maximum atomic E-state index is 6.25. The minimum atomic E-state index is -0.0519. The van der Waals surface area contributed by atoms with Gasteiger partial charge in [0.25, 0.3) is 0 Å². The fourth-order valence-electron chi connectivity index (χ4n) is 2.06. The van der Waals surface area contributed by atoms with Gasteiger partial charge in [0, 0.05) is 26.1 Å². The average Bonchev–Trinajstić information content (AvgIpc) is 2.58. The zero-order chi connectivity index (χ0) is 13.0. The summed E-state index contributed by atoms with van der Waals surface area (Å²) in [5.74, 6) is 0. The second-order valence-electron chi connectivity index (χ2n) is 4.21. The summed E-state index contributed by atoms with van der Waals surface area (Å²) < 4.78 is 7.27. The SMILES string of the molecule is CCC(OC)C(N)Cc1c(Cl)c(C)nn1CC. The molecule has 1 aromatic heterocycles. The number of nitrogens with two attached hydrogens (primary N) is 1. The molecule has 1 rings (SSSR count). The molecule has 1 heterocycles. The van der Waals surface area contributed by atoms with Crippen molar-refractivity contribution in [3.8, 4) is 0 Å². The number of hydrogen-bond donors (Lipinski definition) is 1. The molecule has 2 atom stereocenters. The highest BCUT2D eigenvalue weighted by Crippen LogP contribution is 2.22. The van der Waals surface area contributed by atoms with Crippen LogP contribution in [0.1, 0.15) is 31.7 Å². The van der Waals surface area contributed by atoms with Crippen LogP contribution in [0.4, 0.5) is 0 Å². The summed E-state index contributed by atoms with van der Waals surface area (Å²) in [4.78, 5) is 0. The molecule has 98 valence electrons. The standard InChI is InChI=1S/C12H22ClN3O/c1-5-11(17-4)9(14)7-10-12(13)8(3)15-16(10)6-2/h9,11H,5-7,14H2,1-4H3. The number of methoxy groups -OCH3 is 1. The Morgan fingerprint density at radius 1 is 1.47 bits per heavy atom. The fraction of sp³-hybridized carbons (Fsp3) is 0.750. The van der Waals surface area contributed by atoms with Crippen LogP contribution in [-0.2, 0) is 17.7 Å². The largest absolute Gasteiger partial charge is 0.380 e. The van der Waals surface area contributed by atoms with E-state index in [2.05, 4.69) is 12.0 Å². The topological polar surface area (TPSA) is 53.1 Å². The molecule has 0 amide bonds. The molecule has 0 saturated heterocycles. The molecule has 0 aliphatic heterocycles. The number of nitrogens with zero attached hydrogens (tertiary/aromatic N) is 2. The molecule has 0 fully saturated rings. The first kappa shape index (κ1) is 14.5. The van der Waals surface area contributed by atoms with Gasteiger partial charge in [-0.25, -0.2) is 0 Å². The zero-order valence-electron chi connectivity index (χ0n) is 11.0. The molecule has 0 bridgehead atoms. The maximum Gasteiger partial charge on any atom is 0.0847 e. The van der Waals surface area contributed by atoms with E-state index in [4.69, 9.17) is 22.1 Å². The summed E-state index contributed by atoms with van der Waals surface area (Å²) in [5.41, 5.74) is 8.02. The van der Waals surface area contributed by atoms with Crippen LogP contribution in [0, 0.1) is 6.92 Å². The van der Waals surface area contributed by atoms with E-state index in [0.29, 0.717) is 6.42 Å². The number of aryl methyl sites for hydroxylation is 2. The molecule has 2 unspecified atom stereocenters. The molecular formula is C12H22ClN3O. The van der Waals surface area contributed by atoms with Crippen LogP contribution in [0.3, 0.4) is 0 Å². The van der Waals surface area contributed by atoms with Crippen LogP contribution in [0.5, 0.6) is 0 Å². The lowest BCUT2D eigenvalue weighted by Gasteiger charge is -2.21. The van der Waals surface area contributed by atoms with Crippen molar-refractivity contribution in [3.05, 3.63) is 16.4 Å². The highest BCUT2D eigenvalue weighted by molar-refractivity contribution is 6.31. The molecule has 2 N–H and O–H groups in total.